The minimum Gasteiger partial charge on any atom is -0.490 e. The number of hydrogen-bond acceptors (Lipinski definition) is 7. The van der Waals surface area contributed by atoms with Crippen LogP contribution >= 0.6 is 0 Å². The Morgan fingerprint density at radius 1 is 0.875 bits per heavy atom. The zero-order valence-corrected chi connectivity index (χ0v) is 18.6. The van der Waals surface area contributed by atoms with Crippen LogP contribution in [0.4, 0.5) is 0 Å². The molecule has 0 bridgehead atoms. The second-order valence-electron chi connectivity index (χ2n) is 6.84. The summed E-state index contributed by atoms with van der Waals surface area (Å²) in [6.45, 7) is 4.71. The number of nitrogens with one attached hydrogen (secondary N) is 1. The molecule has 0 radical (unpaired) electrons. The van der Waals surface area contributed by atoms with Gasteiger partial charge in [-0.15, -0.1) is 0 Å². The van der Waals surface area contributed by atoms with Gasteiger partial charge in [-0.05, 0) is 49.2 Å². The molecule has 1 N–H and O–H groups in total. The number of amides is 1. The van der Waals surface area contributed by atoms with Gasteiger partial charge in [-0.3, -0.25) is 4.79 Å². The highest BCUT2D eigenvalue weighted by molar-refractivity contribution is 5.92. The Morgan fingerprint density at radius 3 is 2.25 bits per heavy atom. The summed E-state index contributed by atoms with van der Waals surface area (Å²) in [5, 5.41) is 2.66. The molecule has 0 aliphatic carbocycles. The molecule has 2 rings (SSSR count). The first kappa shape index (κ1) is 24.7. The average Bonchev–Trinajstić information content (AvgIpc) is 2.82. The van der Waals surface area contributed by atoms with Gasteiger partial charge in [0.1, 0.15) is 0 Å². The standard InChI is InChI=1S/C24H29NO7/c1-4-6-13-31-20-12-11-19(14-21(20)30-5-2)24(28)32-16-22(26)25-15-17-7-9-18(10-8-17)23(27)29-3/h7-12,14H,4-6,13,15-16H2,1-3H3,(H,25,26). The lowest BCUT2D eigenvalue weighted by Gasteiger charge is -2.13. The molecule has 0 aromatic heterocycles. The lowest BCUT2D eigenvalue weighted by molar-refractivity contribution is -0.124. The van der Waals surface area contributed by atoms with Crippen molar-refractivity contribution in [2.75, 3.05) is 26.9 Å². The molecule has 2 aromatic rings. The van der Waals surface area contributed by atoms with Crippen LogP contribution in [0.3, 0.4) is 0 Å². The molecule has 0 saturated heterocycles. The maximum atomic E-state index is 12.3. The van der Waals surface area contributed by atoms with E-state index in [0.717, 1.165) is 18.4 Å². The van der Waals surface area contributed by atoms with Crippen LogP contribution in [0.25, 0.3) is 0 Å². The number of benzene rings is 2. The predicted molar refractivity (Wildman–Crippen MR) is 118 cm³/mol. The molecule has 0 aliphatic rings. The third-order valence-corrected chi connectivity index (χ3v) is 4.43. The Bertz CT molecular complexity index is 909. The lowest BCUT2D eigenvalue weighted by Crippen LogP contribution is -2.28. The molecule has 8 nitrogen and oxygen atoms in total. The van der Waals surface area contributed by atoms with E-state index in [2.05, 4.69) is 17.0 Å². The SMILES string of the molecule is CCCCOc1ccc(C(=O)OCC(=O)NCc2ccc(C(=O)OC)cc2)cc1OCC. The van der Waals surface area contributed by atoms with Crippen LogP contribution in [-0.2, 0) is 20.8 Å². The number of esters is 2. The Morgan fingerprint density at radius 2 is 1.59 bits per heavy atom. The van der Waals surface area contributed by atoms with Gasteiger partial charge < -0.3 is 24.3 Å². The maximum Gasteiger partial charge on any atom is 0.338 e. The quantitative estimate of drug-likeness (QED) is 0.396. The van der Waals surface area contributed by atoms with Gasteiger partial charge >= 0.3 is 11.9 Å². The van der Waals surface area contributed by atoms with Crippen molar-refractivity contribution >= 4 is 17.8 Å². The van der Waals surface area contributed by atoms with Crippen LogP contribution in [0.1, 0.15) is 53.0 Å². The first-order chi connectivity index (χ1) is 15.5. The zero-order chi connectivity index (χ0) is 23.3. The summed E-state index contributed by atoms with van der Waals surface area (Å²) in [5.41, 5.74) is 1.48. The minimum absolute atomic E-state index is 0.232. The molecule has 172 valence electrons. The highest BCUT2D eigenvalue weighted by atomic mass is 16.5. The van der Waals surface area contributed by atoms with Gasteiger partial charge in [-0.1, -0.05) is 25.5 Å². The summed E-state index contributed by atoms with van der Waals surface area (Å²) in [6.07, 6.45) is 1.93. The molecule has 0 saturated carbocycles. The van der Waals surface area contributed by atoms with Crippen molar-refractivity contribution in [3.8, 4) is 11.5 Å². The topological polar surface area (TPSA) is 100 Å². The molecule has 1 amide bonds. The number of methoxy groups -OCH3 is 1. The first-order valence-corrected chi connectivity index (χ1v) is 10.5. The zero-order valence-electron chi connectivity index (χ0n) is 18.6. The summed E-state index contributed by atoms with van der Waals surface area (Å²) < 4.78 is 21.0. The van der Waals surface area contributed by atoms with E-state index in [-0.39, 0.29) is 12.1 Å². The van der Waals surface area contributed by atoms with Crippen LogP contribution in [0.5, 0.6) is 11.5 Å². The van der Waals surface area contributed by atoms with Gasteiger partial charge in [0.25, 0.3) is 5.91 Å². The third-order valence-electron chi connectivity index (χ3n) is 4.43. The largest absolute Gasteiger partial charge is 0.490 e. The van der Waals surface area contributed by atoms with Crippen molar-refractivity contribution in [3.63, 3.8) is 0 Å². The van der Waals surface area contributed by atoms with Crippen molar-refractivity contribution in [1.29, 1.82) is 0 Å². The summed E-state index contributed by atoms with van der Waals surface area (Å²) in [6, 6.07) is 11.4. The van der Waals surface area contributed by atoms with Crippen LogP contribution in [0.2, 0.25) is 0 Å². The van der Waals surface area contributed by atoms with E-state index >= 15 is 0 Å². The van der Waals surface area contributed by atoms with Crippen LogP contribution in [0, 0.1) is 0 Å². The average molecular weight is 443 g/mol. The highest BCUT2D eigenvalue weighted by Crippen LogP contribution is 2.29. The van der Waals surface area contributed by atoms with Gasteiger partial charge in [0.2, 0.25) is 0 Å². The Kier molecular flexibility index (Phi) is 10.0. The summed E-state index contributed by atoms with van der Waals surface area (Å²) >= 11 is 0. The van der Waals surface area contributed by atoms with Crippen molar-refractivity contribution in [1.82, 2.24) is 5.32 Å². The third kappa shape index (κ3) is 7.61. The normalized spacial score (nSPS) is 10.2. The molecule has 0 fully saturated rings. The number of unbranched alkanes of at least 4 members (excludes halogenated alkanes) is 1. The minimum atomic E-state index is -0.636. The summed E-state index contributed by atoms with van der Waals surface area (Å²) in [4.78, 5) is 35.8. The number of hydrogen-bond donors (Lipinski definition) is 1. The van der Waals surface area contributed by atoms with E-state index in [1.807, 2.05) is 6.92 Å². The number of carbonyl (C=O) groups is 3. The lowest BCUT2D eigenvalue weighted by atomic mass is 10.1. The fourth-order valence-corrected chi connectivity index (χ4v) is 2.69. The number of carbonyl (C=O) groups excluding carboxylic acids is 3. The summed E-state index contributed by atoms with van der Waals surface area (Å²) in [7, 11) is 1.31. The fourth-order valence-electron chi connectivity index (χ4n) is 2.69. The number of ether oxygens (including phenoxy) is 4. The summed E-state index contributed by atoms with van der Waals surface area (Å²) in [5.74, 6) is -0.491. The fraction of sp³-hybridized carbons (Fsp3) is 0.375. The van der Waals surface area contributed by atoms with Crippen LogP contribution in [-0.4, -0.2) is 44.8 Å². The monoisotopic (exact) mass is 443 g/mol. The van der Waals surface area contributed by atoms with Crippen molar-refractivity contribution in [3.05, 3.63) is 59.2 Å². The molecule has 32 heavy (non-hydrogen) atoms. The van der Waals surface area contributed by atoms with E-state index in [4.69, 9.17) is 14.2 Å². The highest BCUT2D eigenvalue weighted by Gasteiger charge is 2.14. The second kappa shape index (κ2) is 13.0. The van der Waals surface area contributed by atoms with Gasteiger partial charge in [0, 0.05) is 6.54 Å². The van der Waals surface area contributed by atoms with E-state index in [0.29, 0.717) is 30.3 Å². The smallest absolute Gasteiger partial charge is 0.338 e. The van der Waals surface area contributed by atoms with E-state index in [1.165, 1.54) is 7.11 Å². The molecular weight excluding hydrogens is 414 g/mol. The molecule has 0 spiro atoms. The van der Waals surface area contributed by atoms with Gasteiger partial charge in [-0.2, -0.15) is 0 Å². The van der Waals surface area contributed by atoms with Crippen molar-refractivity contribution in [2.24, 2.45) is 0 Å². The molecule has 0 atom stereocenters. The van der Waals surface area contributed by atoms with Crippen molar-refractivity contribution < 1.29 is 33.3 Å². The molecule has 2 aromatic carbocycles. The van der Waals surface area contributed by atoms with Gasteiger partial charge in [0.05, 0.1) is 31.5 Å². The molecular formula is C24H29NO7. The van der Waals surface area contributed by atoms with E-state index in [1.54, 1.807) is 42.5 Å². The van der Waals surface area contributed by atoms with Gasteiger partial charge in [-0.25, -0.2) is 9.59 Å². The maximum absolute atomic E-state index is 12.3. The molecule has 0 heterocycles. The predicted octanol–water partition coefficient (Wildman–Crippen LogP) is 3.52. The first-order valence-electron chi connectivity index (χ1n) is 10.5. The number of rotatable bonds is 12. The van der Waals surface area contributed by atoms with Crippen molar-refractivity contribution in [2.45, 2.75) is 33.2 Å². The van der Waals surface area contributed by atoms with Crippen LogP contribution in [0.15, 0.2) is 42.5 Å². The Balaban J connectivity index is 1.86. The van der Waals surface area contributed by atoms with Crippen LogP contribution < -0.4 is 14.8 Å². The van der Waals surface area contributed by atoms with E-state index < -0.39 is 24.5 Å². The molecule has 8 heteroatoms. The van der Waals surface area contributed by atoms with Gasteiger partial charge in [0.15, 0.2) is 18.1 Å². The van der Waals surface area contributed by atoms with E-state index in [9.17, 15) is 14.4 Å². The second-order valence-corrected chi connectivity index (χ2v) is 6.84. The Labute approximate surface area is 187 Å². The molecule has 0 unspecified atom stereocenters. The molecule has 0 aliphatic heterocycles. The Hall–Kier alpha value is -3.55.